The predicted octanol–water partition coefficient (Wildman–Crippen LogP) is 2.29. The van der Waals surface area contributed by atoms with E-state index in [1.165, 1.54) is 6.07 Å². The van der Waals surface area contributed by atoms with Crippen molar-refractivity contribution in [1.29, 1.82) is 0 Å². The predicted molar refractivity (Wildman–Crippen MR) is 93.7 cm³/mol. The fraction of sp³-hybridized carbons (Fsp3) is 0.389. The summed E-state index contributed by atoms with van der Waals surface area (Å²) in [5, 5.41) is 8.13. The summed E-state index contributed by atoms with van der Waals surface area (Å²) in [6.07, 6.45) is 2.32. The second-order valence-corrected chi connectivity index (χ2v) is 6.86. The van der Waals surface area contributed by atoms with Crippen LogP contribution in [0.15, 0.2) is 30.5 Å². The van der Waals surface area contributed by atoms with Gasteiger partial charge in [0.1, 0.15) is 11.4 Å². The van der Waals surface area contributed by atoms with E-state index >= 15 is 0 Å². The molecule has 2 heterocycles. The van der Waals surface area contributed by atoms with Gasteiger partial charge in [0.15, 0.2) is 5.82 Å². The number of rotatable bonds is 5. The Hall–Kier alpha value is -2.97. The molecule has 1 aromatic carbocycles. The van der Waals surface area contributed by atoms with Gasteiger partial charge in [0, 0.05) is 25.2 Å². The highest BCUT2D eigenvalue weighted by atomic mass is 19.3. The van der Waals surface area contributed by atoms with Gasteiger partial charge in [0.2, 0.25) is 0 Å². The number of hydrogen-bond donors (Lipinski definition) is 2. The monoisotopic (exact) mass is 378 g/mol. The van der Waals surface area contributed by atoms with Gasteiger partial charge in [0.25, 0.3) is 0 Å². The highest BCUT2D eigenvalue weighted by molar-refractivity contribution is 6.39. The molecule has 0 atom stereocenters. The summed E-state index contributed by atoms with van der Waals surface area (Å²) in [4.78, 5) is 23.7. The molecule has 0 saturated carbocycles. The van der Waals surface area contributed by atoms with Crippen molar-refractivity contribution in [2.45, 2.75) is 38.8 Å². The number of para-hydroxylation sites is 1. The maximum absolute atomic E-state index is 12.4. The normalized spacial score (nSPS) is 14.6. The molecule has 2 aromatic rings. The molecule has 2 amide bonds. The van der Waals surface area contributed by atoms with Crippen molar-refractivity contribution < 1.29 is 23.1 Å². The third kappa shape index (κ3) is 4.42. The SMILES string of the molecule is CC1(C)Cc2cccc(CCNC(=O)C(=O)Nc3ccn(C(F)F)n3)c2O1. The zero-order valence-electron chi connectivity index (χ0n) is 15.0. The van der Waals surface area contributed by atoms with Crippen molar-refractivity contribution in [3.8, 4) is 5.75 Å². The van der Waals surface area contributed by atoms with E-state index in [4.69, 9.17) is 4.74 Å². The van der Waals surface area contributed by atoms with Gasteiger partial charge >= 0.3 is 18.4 Å². The summed E-state index contributed by atoms with van der Waals surface area (Å²) in [7, 11) is 0. The number of ether oxygens (including phenoxy) is 1. The largest absolute Gasteiger partial charge is 0.487 e. The van der Waals surface area contributed by atoms with Gasteiger partial charge in [-0.1, -0.05) is 18.2 Å². The van der Waals surface area contributed by atoms with Crippen molar-refractivity contribution in [2.75, 3.05) is 11.9 Å². The first-order valence-corrected chi connectivity index (χ1v) is 8.47. The lowest BCUT2D eigenvalue weighted by Gasteiger charge is -2.18. The van der Waals surface area contributed by atoms with Crippen LogP contribution in [0.4, 0.5) is 14.6 Å². The molecular formula is C18H20F2N4O3. The van der Waals surface area contributed by atoms with Crippen LogP contribution in [0.1, 0.15) is 31.5 Å². The van der Waals surface area contributed by atoms with Crippen LogP contribution < -0.4 is 15.4 Å². The third-order valence-electron chi connectivity index (χ3n) is 4.11. The van der Waals surface area contributed by atoms with E-state index < -0.39 is 18.4 Å². The Morgan fingerprint density at radius 2 is 2.07 bits per heavy atom. The minimum absolute atomic E-state index is 0.119. The Kier molecular flexibility index (Phi) is 5.11. The van der Waals surface area contributed by atoms with Gasteiger partial charge in [-0.15, -0.1) is 0 Å². The fourth-order valence-electron chi connectivity index (χ4n) is 2.95. The molecular weight excluding hydrogens is 358 g/mol. The summed E-state index contributed by atoms with van der Waals surface area (Å²) in [5.74, 6) is -1.12. The number of hydrogen-bond acceptors (Lipinski definition) is 4. The third-order valence-corrected chi connectivity index (χ3v) is 4.11. The molecule has 1 aliphatic rings. The second kappa shape index (κ2) is 7.34. The Morgan fingerprint density at radius 1 is 1.30 bits per heavy atom. The molecule has 2 N–H and O–H groups in total. The maximum Gasteiger partial charge on any atom is 0.333 e. The molecule has 0 unspecified atom stereocenters. The highest BCUT2D eigenvalue weighted by Gasteiger charge is 2.31. The quantitative estimate of drug-likeness (QED) is 0.782. The first-order valence-electron chi connectivity index (χ1n) is 8.47. The van der Waals surface area contributed by atoms with Gasteiger partial charge in [0.05, 0.1) is 0 Å². The van der Waals surface area contributed by atoms with E-state index in [-0.39, 0.29) is 18.0 Å². The molecule has 144 valence electrons. The lowest BCUT2D eigenvalue weighted by Crippen LogP contribution is -2.36. The lowest BCUT2D eigenvalue weighted by molar-refractivity contribution is -0.136. The standard InChI is InChI=1S/C18H20F2N4O3/c1-18(2)10-12-5-3-4-11(14(12)27-18)6-8-21-15(25)16(26)22-13-7-9-24(23-13)17(19)20/h3-5,7,9,17H,6,8,10H2,1-2H3,(H,21,25)(H,22,23,26). The van der Waals surface area contributed by atoms with E-state index in [2.05, 4.69) is 15.7 Å². The smallest absolute Gasteiger partial charge is 0.333 e. The van der Waals surface area contributed by atoms with Crippen LogP contribution in [-0.4, -0.2) is 33.7 Å². The number of anilines is 1. The number of carbonyl (C=O) groups is 2. The zero-order chi connectivity index (χ0) is 19.6. The number of fused-ring (bicyclic) bond motifs is 1. The Balaban J connectivity index is 1.51. The number of alkyl halides is 2. The fourth-order valence-corrected chi connectivity index (χ4v) is 2.95. The van der Waals surface area contributed by atoms with Gasteiger partial charge in [-0.25, -0.2) is 4.68 Å². The average Bonchev–Trinajstić information content (AvgIpc) is 3.17. The van der Waals surface area contributed by atoms with E-state index in [9.17, 15) is 18.4 Å². The molecule has 0 radical (unpaired) electrons. The van der Waals surface area contributed by atoms with Crippen LogP contribution in [0.2, 0.25) is 0 Å². The number of halogens is 2. The molecule has 0 saturated heterocycles. The summed E-state index contributed by atoms with van der Waals surface area (Å²) >= 11 is 0. The van der Waals surface area contributed by atoms with Crippen molar-refractivity contribution in [2.24, 2.45) is 0 Å². The molecule has 9 heteroatoms. The van der Waals surface area contributed by atoms with Crippen LogP contribution in [-0.2, 0) is 22.4 Å². The molecule has 7 nitrogen and oxygen atoms in total. The zero-order valence-corrected chi connectivity index (χ0v) is 15.0. The molecule has 0 aliphatic carbocycles. The van der Waals surface area contributed by atoms with Gasteiger partial charge in [-0.2, -0.15) is 13.9 Å². The van der Waals surface area contributed by atoms with Crippen LogP contribution in [0.25, 0.3) is 0 Å². The summed E-state index contributed by atoms with van der Waals surface area (Å²) < 4.78 is 31.2. The summed E-state index contributed by atoms with van der Waals surface area (Å²) in [6, 6.07) is 7.05. The molecule has 3 rings (SSSR count). The van der Waals surface area contributed by atoms with Crippen molar-refractivity contribution >= 4 is 17.6 Å². The number of aromatic nitrogens is 2. The van der Waals surface area contributed by atoms with Gasteiger partial charge in [-0.05, 0) is 31.4 Å². The van der Waals surface area contributed by atoms with Crippen LogP contribution >= 0.6 is 0 Å². The number of carbonyl (C=O) groups excluding carboxylic acids is 2. The first-order chi connectivity index (χ1) is 12.7. The minimum Gasteiger partial charge on any atom is -0.487 e. The number of nitrogens with one attached hydrogen (secondary N) is 2. The van der Waals surface area contributed by atoms with E-state index in [1.807, 2.05) is 32.0 Å². The van der Waals surface area contributed by atoms with Crippen LogP contribution in [0, 0.1) is 0 Å². The van der Waals surface area contributed by atoms with E-state index in [0.717, 1.165) is 29.5 Å². The Bertz CT molecular complexity index is 864. The maximum atomic E-state index is 12.4. The Morgan fingerprint density at radius 3 is 2.78 bits per heavy atom. The molecule has 0 bridgehead atoms. The lowest BCUT2D eigenvalue weighted by atomic mass is 10.00. The van der Waals surface area contributed by atoms with Gasteiger partial charge in [-0.3, -0.25) is 9.59 Å². The van der Waals surface area contributed by atoms with Crippen LogP contribution in [0.3, 0.4) is 0 Å². The first kappa shape index (κ1) is 18.8. The average molecular weight is 378 g/mol. The Labute approximate surface area is 154 Å². The molecule has 1 aliphatic heterocycles. The number of benzene rings is 1. The van der Waals surface area contributed by atoms with Crippen molar-refractivity contribution in [3.63, 3.8) is 0 Å². The molecule has 0 spiro atoms. The van der Waals surface area contributed by atoms with Crippen LogP contribution in [0.5, 0.6) is 5.75 Å². The summed E-state index contributed by atoms with van der Waals surface area (Å²) in [6.45, 7) is 1.44. The minimum atomic E-state index is -2.82. The molecule has 1 aromatic heterocycles. The van der Waals surface area contributed by atoms with E-state index in [1.54, 1.807) is 0 Å². The molecule has 27 heavy (non-hydrogen) atoms. The number of amides is 2. The molecule has 0 fully saturated rings. The van der Waals surface area contributed by atoms with Gasteiger partial charge < -0.3 is 15.4 Å². The second-order valence-electron chi connectivity index (χ2n) is 6.86. The van der Waals surface area contributed by atoms with E-state index in [0.29, 0.717) is 11.1 Å². The summed E-state index contributed by atoms with van der Waals surface area (Å²) in [5.41, 5.74) is 1.81. The number of nitrogens with zero attached hydrogens (tertiary/aromatic N) is 2. The topological polar surface area (TPSA) is 85.3 Å². The highest BCUT2D eigenvalue weighted by Crippen LogP contribution is 2.37. The van der Waals surface area contributed by atoms with Crippen molar-refractivity contribution in [3.05, 3.63) is 41.6 Å². The van der Waals surface area contributed by atoms with Crippen molar-refractivity contribution in [1.82, 2.24) is 15.1 Å².